The van der Waals surface area contributed by atoms with Gasteiger partial charge in [0.1, 0.15) is 6.10 Å². The van der Waals surface area contributed by atoms with E-state index in [9.17, 15) is 9.90 Å². The van der Waals surface area contributed by atoms with Crippen molar-refractivity contribution < 1.29 is 19.4 Å². The molecule has 0 amide bonds. The second-order valence-electron chi connectivity index (χ2n) is 14.4. The van der Waals surface area contributed by atoms with Crippen molar-refractivity contribution in [2.75, 3.05) is 19.8 Å². The van der Waals surface area contributed by atoms with Gasteiger partial charge in [0.15, 0.2) is 0 Å². The number of aliphatic hydroxyl groups is 1. The standard InChI is InChI=1S/C46H84O4/c1-3-5-7-9-11-13-15-17-19-21-23-25-27-29-31-33-35-37-39-41-46(48)50-45(43-47)44-49-42-40-38-36-34-32-30-28-26-24-22-20-18-16-14-12-10-8-6-4-2/h11,13,17,19-20,22-23,25,45,47H,3-10,12,14-16,18,21,24,26-44H2,1-2H3/b13-11-,19-17-,22-20-,25-23-. The third-order valence-corrected chi connectivity index (χ3v) is 9.38. The molecular weight excluding hydrogens is 617 g/mol. The Balaban J connectivity index is 3.46. The van der Waals surface area contributed by atoms with Crippen molar-refractivity contribution in [3.05, 3.63) is 48.6 Å². The van der Waals surface area contributed by atoms with Gasteiger partial charge in [-0.2, -0.15) is 0 Å². The lowest BCUT2D eigenvalue weighted by atomic mass is 10.1. The van der Waals surface area contributed by atoms with E-state index in [-0.39, 0.29) is 19.2 Å². The van der Waals surface area contributed by atoms with Crippen molar-refractivity contribution in [3.8, 4) is 0 Å². The predicted octanol–water partition coefficient (Wildman–Crippen LogP) is 14.3. The van der Waals surface area contributed by atoms with Crippen LogP contribution in [0.2, 0.25) is 0 Å². The molecule has 0 aliphatic rings. The highest BCUT2D eigenvalue weighted by atomic mass is 16.6. The van der Waals surface area contributed by atoms with Gasteiger partial charge in [0, 0.05) is 13.0 Å². The number of rotatable bonds is 40. The molecule has 0 fully saturated rings. The number of allylic oxidation sites excluding steroid dienone is 8. The van der Waals surface area contributed by atoms with Crippen molar-refractivity contribution in [2.24, 2.45) is 0 Å². The highest BCUT2D eigenvalue weighted by Gasteiger charge is 2.13. The van der Waals surface area contributed by atoms with Crippen LogP contribution in [0.15, 0.2) is 48.6 Å². The van der Waals surface area contributed by atoms with Gasteiger partial charge >= 0.3 is 5.97 Å². The highest BCUT2D eigenvalue weighted by Crippen LogP contribution is 2.13. The lowest BCUT2D eigenvalue weighted by molar-refractivity contribution is -0.154. The molecule has 1 unspecified atom stereocenters. The number of ether oxygens (including phenoxy) is 2. The summed E-state index contributed by atoms with van der Waals surface area (Å²) in [5.74, 6) is -0.214. The fourth-order valence-corrected chi connectivity index (χ4v) is 6.09. The van der Waals surface area contributed by atoms with E-state index in [4.69, 9.17) is 9.47 Å². The van der Waals surface area contributed by atoms with E-state index >= 15 is 0 Å². The average molecular weight is 701 g/mol. The molecule has 4 heteroatoms. The summed E-state index contributed by atoms with van der Waals surface area (Å²) in [6, 6.07) is 0. The molecule has 0 aliphatic heterocycles. The van der Waals surface area contributed by atoms with Gasteiger partial charge < -0.3 is 14.6 Å². The third-order valence-electron chi connectivity index (χ3n) is 9.38. The first-order chi connectivity index (χ1) is 24.7. The van der Waals surface area contributed by atoms with Gasteiger partial charge in [0.05, 0.1) is 13.2 Å². The molecule has 0 rings (SSSR count). The average Bonchev–Trinajstić information content (AvgIpc) is 3.12. The normalized spacial score (nSPS) is 12.8. The summed E-state index contributed by atoms with van der Waals surface area (Å²) in [4.78, 5) is 12.2. The molecular formula is C46H84O4. The van der Waals surface area contributed by atoms with E-state index in [0.29, 0.717) is 13.0 Å². The second kappa shape index (κ2) is 43.5. The monoisotopic (exact) mass is 701 g/mol. The van der Waals surface area contributed by atoms with Crippen molar-refractivity contribution >= 4 is 5.97 Å². The molecule has 0 aliphatic carbocycles. The smallest absolute Gasteiger partial charge is 0.306 e. The van der Waals surface area contributed by atoms with Gasteiger partial charge in [-0.15, -0.1) is 0 Å². The topological polar surface area (TPSA) is 55.8 Å². The number of hydrogen-bond donors (Lipinski definition) is 1. The van der Waals surface area contributed by atoms with Crippen molar-refractivity contribution in [3.63, 3.8) is 0 Å². The molecule has 0 aromatic carbocycles. The number of carbonyl (C=O) groups is 1. The Morgan fingerprint density at radius 2 is 0.840 bits per heavy atom. The molecule has 0 spiro atoms. The van der Waals surface area contributed by atoms with Gasteiger partial charge in [0.2, 0.25) is 0 Å². The molecule has 50 heavy (non-hydrogen) atoms. The number of esters is 1. The maximum atomic E-state index is 12.2. The summed E-state index contributed by atoms with van der Waals surface area (Å²) in [6.07, 6.45) is 55.9. The molecule has 0 aromatic heterocycles. The summed E-state index contributed by atoms with van der Waals surface area (Å²) in [7, 11) is 0. The van der Waals surface area contributed by atoms with Crippen LogP contribution in [0.4, 0.5) is 0 Å². The highest BCUT2D eigenvalue weighted by molar-refractivity contribution is 5.69. The van der Waals surface area contributed by atoms with Crippen LogP contribution in [0.3, 0.4) is 0 Å². The summed E-state index contributed by atoms with van der Waals surface area (Å²) in [5.41, 5.74) is 0. The first kappa shape index (κ1) is 48.3. The van der Waals surface area contributed by atoms with E-state index < -0.39 is 6.10 Å². The SMILES string of the molecule is CCCCC/C=C\C/C=C\C/C=C\CCCCCCCCC(=O)OC(CO)COCCCCCCCCCC/C=C\CCCCCCCCC. The van der Waals surface area contributed by atoms with E-state index in [1.807, 2.05) is 0 Å². The van der Waals surface area contributed by atoms with Crippen LogP contribution in [-0.2, 0) is 14.3 Å². The zero-order chi connectivity index (χ0) is 36.3. The minimum atomic E-state index is -0.543. The Bertz CT molecular complexity index is 783. The first-order valence-electron chi connectivity index (χ1n) is 21.7. The summed E-state index contributed by atoms with van der Waals surface area (Å²) in [5, 5.41) is 9.60. The van der Waals surface area contributed by atoms with Crippen molar-refractivity contribution in [1.29, 1.82) is 0 Å². The Kier molecular flexibility index (Phi) is 42.1. The second-order valence-corrected chi connectivity index (χ2v) is 14.4. The van der Waals surface area contributed by atoms with Crippen LogP contribution >= 0.6 is 0 Å². The Morgan fingerprint density at radius 3 is 1.32 bits per heavy atom. The fraction of sp³-hybridized carbons (Fsp3) is 0.804. The van der Waals surface area contributed by atoms with Crippen molar-refractivity contribution in [2.45, 2.75) is 219 Å². The van der Waals surface area contributed by atoms with E-state index in [1.165, 1.54) is 148 Å². The molecule has 0 saturated carbocycles. The molecule has 1 atom stereocenters. The third kappa shape index (κ3) is 40.8. The Labute approximate surface area is 312 Å². The molecule has 0 heterocycles. The Hall–Kier alpha value is -1.65. The molecule has 1 N–H and O–H groups in total. The molecule has 0 saturated heterocycles. The minimum Gasteiger partial charge on any atom is -0.457 e. The molecule has 292 valence electrons. The van der Waals surface area contributed by atoms with Crippen LogP contribution in [0.1, 0.15) is 213 Å². The molecule has 4 nitrogen and oxygen atoms in total. The maximum absolute atomic E-state index is 12.2. The van der Waals surface area contributed by atoms with E-state index in [1.54, 1.807) is 0 Å². The molecule has 0 bridgehead atoms. The Morgan fingerprint density at radius 1 is 0.480 bits per heavy atom. The number of unbranched alkanes of at least 4 members (excludes halogenated alkanes) is 24. The number of aliphatic hydroxyl groups excluding tert-OH is 1. The van der Waals surface area contributed by atoms with Gasteiger partial charge in [-0.05, 0) is 77.0 Å². The van der Waals surface area contributed by atoms with Crippen LogP contribution in [0, 0.1) is 0 Å². The zero-order valence-corrected chi connectivity index (χ0v) is 33.4. The largest absolute Gasteiger partial charge is 0.457 e. The van der Waals surface area contributed by atoms with Crippen LogP contribution in [0.5, 0.6) is 0 Å². The lowest BCUT2D eigenvalue weighted by Crippen LogP contribution is -2.27. The van der Waals surface area contributed by atoms with E-state index in [0.717, 1.165) is 44.9 Å². The first-order valence-corrected chi connectivity index (χ1v) is 21.7. The number of hydrogen-bond acceptors (Lipinski definition) is 4. The quantitative estimate of drug-likeness (QED) is 0.0393. The number of carbonyl (C=O) groups excluding carboxylic acids is 1. The zero-order valence-electron chi connectivity index (χ0n) is 33.4. The fourth-order valence-electron chi connectivity index (χ4n) is 6.09. The summed E-state index contributed by atoms with van der Waals surface area (Å²) >= 11 is 0. The van der Waals surface area contributed by atoms with Crippen molar-refractivity contribution in [1.82, 2.24) is 0 Å². The van der Waals surface area contributed by atoms with Gasteiger partial charge in [-0.1, -0.05) is 178 Å². The van der Waals surface area contributed by atoms with Crippen LogP contribution in [0.25, 0.3) is 0 Å². The summed E-state index contributed by atoms with van der Waals surface area (Å²) < 4.78 is 11.2. The van der Waals surface area contributed by atoms with Gasteiger partial charge in [-0.25, -0.2) is 0 Å². The minimum absolute atomic E-state index is 0.179. The predicted molar refractivity (Wildman–Crippen MR) is 219 cm³/mol. The molecule has 0 radical (unpaired) electrons. The lowest BCUT2D eigenvalue weighted by Gasteiger charge is -2.15. The van der Waals surface area contributed by atoms with Gasteiger partial charge in [0.25, 0.3) is 0 Å². The van der Waals surface area contributed by atoms with E-state index in [2.05, 4.69) is 62.5 Å². The van der Waals surface area contributed by atoms with Crippen LogP contribution < -0.4 is 0 Å². The summed E-state index contributed by atoms with van der Waals surface area (Å²) in [6.45, 7) is 5.31. The molecule has 0 aromatic rings. The maximum Gasteiger partial charge on any atom is 0.306 e. The van der Waals surface area contributed by atoms with Gasteiger partial charge in [-0.3, -0.25) is 4.79 Å². The van der Waals surface area contributed by atoms with Crippen LogP contribution in [-0.4, -0.2) is 37.0 Å².